The van der Waals surface area contributed by atoms with Gasteiger partial charge in [-0.05, 0) is 164 Å². The molecule has 0 N–H and O–H groups in total. The van der Waals surface area contributed by atoms with Crippen molar-refractivity contribution in [3.63, 3.8) is 0 Å². The van der Waals surface area contributed by atoms with Gasteiger partial charge in [0.1, 0.15) is 5.01 Å². The van der Waals surface area contributed by atoms with E-state index in [1.807, 2.05) is 23.5 Å². The predicted molar refractivity (Wildman–Crippen MR) is 287 cm³/mol. The summed E-state index contributed by atoms with van der Waals surface area (Å²) >= 11 is 5.50. The zero-order valence-electron chi connectivity index (χ0n) is 36.2. The third kappa shape index (κ3) is 6.39. The van der Waals surface area contributed by atoms with Crippen LogP contribution in [0.3, 0.4) is 0 Å². The Kier molecular flexibility index (Phi) is 9.07. The first-order chi connectivity index (χ1) is 33.2. The molecule has 316 valence electrons. The summed E-state index contributed by atoms with van der Waals surface area (Å²) in [5, 5.41) is 8.57. The van der Waals surface area contributed by atoms with E-state index in [0.717, 1.165) is 34.7 Å². The first-order valence-corrected chi connectivity index (χ1v) is 25.3. The van der Waals surface area contributed by atoms with E-state index < -0.39 is 0 Å². The van der Waals surface area contributed by atoms with Gasteiger partial charge in [-0.3, -0.25) is 0 Å². The van der Waals surface area contributed by atoms with Gasteiger partial charge in [0.2, 0.25) is 0 Å². The Morgan fingerprint density at radius 2 is 0.881 bits per heavy atom. The Morgan fingerprint density at radius 1 is 0.388 bits per heavy atom. The minimum Gasteiger partial charge on any atom is -0.308 e. The normalized spacial score (nSPS) is 14.1. The number of thiazole rings is 1. The van der Waals surface area contributed by atoms with Crippen LogP contribution >= 0.6 is 34.9 Å². The Balaban J connectivity index is 1.06. The van der Waals surface area contributed by atoms with Gasteiger partial charge in [0.15, 0.2) is 0 Å². The van der Waals surface area contributed by atoms with Crippen molar-refractivity contribution < 1.29 is 0 Å². The predicted octanol–water partition coefficient (Wildman–Crippen LogP) is 18.6. The molecule has 3 heterocycles. The standard InChI is InChI=1S/C61H39N3S3/c1-2-14-41-35-42(30-25-38(41)13-1)60-46-34-32-43(63-50-16-4-9-21-55(50)65-56-22-10-5-17-51(56)63)36-47(46)59(39-26-28-40(29-27-39)61-62-49-15-3-8-20-54(49)67-61)45-33-31-44(37-48(45)60)64-52-18-6-11-23-57(52)66-58-24-12-7-19-53(58)64/h1-26,28,30-37H,27,29H2. The lowest BCUT2D eigenvalue weighted by atomic mass is 9.82. The first-order valence-electron chi connectivity index (χ1n) is 22.8. The van der Waals surface area contributed by atoms with Crippen LogP contribution in [0.2, 0.25) is 0 Å². The third-order valence-corrected chi connectivity index (χ3v) is 16.9. The van der Waals surface area contributed by atoms with Gasteiger partial charge in [0, 0.05) is 31.0 Å². The summed E-state index contributed by atoms with van der Waals surface area (Å²) in [6.45, 7) is 0. The number of allylic oxidation sites excluding steroid dienone is 4. The van der Waals surface area contributed by atoms with Crippen LogP contribution < -0.4 is 9.80 Å². The third-order valence-electron chi connectivity index (χ3n) is 13.5. The molecule has 0 radical (unpaired) electrons. The molecule has 0 atom stereocenters. The van der Waals surface area contributed by atoms with Gasteiger partial charge >= 0.3 is 0 Å². The van der Waals surface area contributed by atoms with E-state index in [2.05, 4.69) is 222 Å². The minimum atomic E-state index is 0.906. The fourth-order valence-electron chi connectivity index (χ4n) is 10.5. The van der Waals surface area contributed by atoms with Gasteiger partial charge in [0.05, 0.1) is 33.0 Å². The van der Waals surface area contributed by atoms with Gasteiger partial charge in [-0.2, -0.15) is 0 Å². The maximum Gasteiger partial charge on any atom is 0.120 e. The SMILES string of the molecule is C1=C(c2nc3ccccc3s2)CCC(c2c3cc(N4c5ccccc5Sc5ccccc54)ccc3c(-c3ccc4ccccc4c3)c3cc(N4c5ccccc5Sc5ccccc54)ccc23)=C1. The lowest BCUT2D eigenvalue weighted by Gasteiger charge is -2.34. The Morgan fingerprint density at radius 3 is 1.46 bits per heavy atom. The quantitative estimate of drug-likeness (QED) is 0.160. The zero-order valence-corrected chi connectivity index (χ0v) is 38.6. The van der Waals surface area contributed by atoms with Crippen molar-refractivity contribution in [1.29, 1.82) is 0 Å². The zero-order chi connectivity index (χ0) is 44.0. The van der Waals surface area contributed by atoms with Crippen molar-refractivity contribution in [2.75, 3.05) is 9.80 Å². The van der Waals surface area contributed by atoms with Gasteiger partial charge in [-0.15, -0.1) is 11.3 Å². The molecule has 10 aromatic carbocycles. The van der Waals surface area contributed by atoms with E-state index in [1.165, 1.54) is 107 Å². The summed E-state index contributed by atoms with van der Waals surface area (Å²) < 4.78 is 1.23. The molecule has 0 fully saturated rings. The monoisotopic (exact) mass is 909 g/mol. The molecule has 11 aromatic rings. The Labute approximate surface area is 401 Å². The van der Waals surface area contributed by atoms with Crippen molar-refractivity contribution in [3.8, 4) is 11.1 Å². The van der Waals surface area contributed by atoms with E-state index in [9.17, 15) is 0 Å². The number of rotatable bonds is 5. The van der Waals surface area contributed by atoms with Crippen LogP contribution in [0.4, 0.5) is 34.1 Å². The van der Waals surface area contributed by atoms with E-state index in [1.54, 1.807) is 11.3 Å². The van der Waals surface area contributed by atoms with Gasteiger partial charge in [0.25, 0.3) is 0 Å². The minimum absolute atomic E-state index is 0.906. The number of hydrogen-bond acceptors (Lipinski definition) is 6. The van der Waals surface area contributed by atoms with Crippen molar-refractivity contribution >= 4 is 123 Å². The second-order valence-corrected chi connectivity index (χ2v) is 20.6. The van der Waals surface area contributed by atoms with Crippen LogP contribution in [-0.4, -0.2) is 4.98 Å². The molecule has 2 aliphatic heterocycles. The number of para-hydroxylation sites is 5. The highest BCUT2D eigenvalue weighted by Crippen LogP contribution is 2.55. The van der Waals surface area contributed by atoms with E-state index in [4.69, 9.17) is 4.98 Å². The van der Waals surface area contributed by atoms with Crippen molar-refractivity contribution in [1.82, 2.24) is 4.98 Å². The molecule has 14 rings (SSSR count). The number of aromatic nitrogens is 1. The molecule has 0 saturated heterocycles. The van der Waals surface area contributed by atoms with Gasteiger partial charge in [-0.1, -0.05) is 145 Å². The molecule has 3 nitrogen and oxygen atoms in total. The fraction of sp³-hybridized carbons (Fsp3) is 0.0328. The molecule has 0 saturated carbocycles. The lowest BCUT2D eigenvalue weighted by Crippen LogP contribution is -2.15. The molecule has 1 aromatic heterocycles. The highest BCUT2D eigenvalue weighted by atomic mass is 32.2. The number of hydrogen-bond donors (Lipinski definition) is 0. The number of anilines is 6. The topological polar surface area (TPSA) is 19.4 Å². The number of benzene rings is 10. The summed E-state index contributed by atoms with van der Waals surface area (Å²) in [7, 11) is 0. The van der Waals surface area contributed by atoms with Crippen molar-refractivity contribution in [3.05, 3.63) is 223 Å². The van der Waals surface area contributed by atoms with Crippen LogP contribution in [0, 0.1) is 0 Å². The summed E-state index contributed by atoms with van der Waals surface area (Å²) in [4.78, 5) is 15.1. The Hall–Kier alpha value is -7.35. The summed E-state index contributed by atoms with van der Waals surface area (Å²) in [5.74, 6) is 0. The average molecular weight is 910 g/mol. The van der Waals surface area contributed by atoms with Crippen LogP contribution in [0.25, 0.3) is 64.8 Å². The smallest absolute Gasteiger partial charge is 0.120 e. The average Bonchev–Trinajstić information content (AvgIpc) is 3.83. The van der Waals surface area contributed by atoms with Crippen molar-refractivity contribution in [2.45, 2.75) is 32.4 Å². The van der Waals surface area contributed by atoms with Crippen LogP contribution in [0.1, 0.15) is 23.4 Å². The molecule has 0 unspecified atom stereocenters. The summed E-state index contributed by atoms with van der Waals surface area (Å²) in [6, 6.07) is 74.0. The summed E-state index contributed by atoms with van der Waals surface area (Å²) in [6.07, 6.45) is 6.56. The molecular formula is C61H39N3S3. The van der Waals surface area contributed by atoms with Gasteiger partial charge < -0.3 is 9.80 Å². The fourth-order valence-corrected chi connectivity index (χ4v) is 13.6. The summed E-state index contributed by atoms with van der Waals surface area (Å²) in [5.41, 5.74) is 14.6. The molecule has 6 heteroatoms. The Bertz CT molecular complexity index is 3790. The van der Waals surface area contributed by atoms with Crippen LogP contribution in [0.15, 0.2) is 232 Å². The molecule has 1 aliphatic carbocycles. The van der Waals surface area contributed by atoms with E-state index >= 15 is 0 Å². The lowest BCUT2D eigenvalue weighted by molar-refractivity contribution is 1.07. The van der Waals surface area contributed by atoms with Crippen molar-refractivity contribution in [2.24, 2.45) is 0 Å². The molecular weight excluding hydrogens is 871 g/mol. The highest BCUT2D eigenvalue weighted by molar-refractivity contribution is 8.00. The molecule has 0 amide bonds. The van der Waals surface area contributed by atoms with Crippen LogP contribution in [-0.2, 0) is 0 Å². The second-order valence-electron chi connectivity index (χ2n) is 17.4. The maximum atomic E-state index is 5.09. The largest absolute Gasteiger partial charge is 0.308 e. The van der Waals surface area contributed by atoms with E-state index in [-0.39, 0.29) is 0 Å². The van der Waals surface area contributed by atoms with E-state index in [0.29, 0.717) is 0 Å². The molecule has 0 spiro atoms. The highest BCUT2D eigenvalue weighted by Gasteiger charge is 2.29. The van der Waals surface area contributed by atoms with Gasteiger partial charge in [-0.25, -0.2) is 4.98 Å². The first kappa shape index (κ1) is 38.9. The van der Waals surface area contributed by atoms with Crippen LogP contribution in [0.5, 0.6) is 0 Å². The molecule has 3 aliphatic rings. The second kappa shape index (κ2) is 15.6. The molecule has 67 heavy (non-hydrogen) atoms. The number of nitrogens with zero attached hydrogens (tertiary/aromatic N) is 3. The maximum absolute atomic E-state index is 5.09. The molecule has 0 bridgehead atoms. The number of fused-ring (bicyclic) bond motifs is 8.